The molecule has 5 atom stereocenters. The number of rotatable bonds is 6. The highest BCUT2D eigenvalue weighted by Gasteiger charge is 2.78. The van der Waals surface area contributed by atoms with Gasteiger partial charge >= 0.3 is 0 Å². The van der Waals surface area contributed by atoms with Crippen molar-refractivity contribution < 1.29 is 34.1 Å². The number of hydrogen-bond acceptors (Lipinski definition) is 9. The molecular formula is C27H25N3O7. The number of fused-ring (bicyclic) bond motifs is 3. The maximum Gasteiger partial charge on any atom is 0.250 e. The number of nitrogens with one attached hydrogen (secondary N) is 1. The average Bonchev–Trinajstić information content (AvgIpc) is 3.31. The number of pyridine rings is 1. The smallest absolute Gasteiger partial charge is 0.250 e. The summed E-state index contributed by atoms with van der Waals surface area (Å²) < 4.78 is 17.5. The molecule has 10 heteroatoms. The van der Waals surface area contributed by atoms with Crippen LogP contribution < -0.4 is 19.7 Å². The summed E-state index contributed by atoms with van der Waals surface area (Å²) in [5.74, 6) is -2.45. The van der Waals surface area contributed by atoms with Gasteiger partial charge < -0.3 is 24.4 Å². The van der Waals surface area contributed by atoms with E-state index in [1.165, 1.54) is 27.4 Å². The number of hydrogen-bond donors (Lipinski definition) is 3. The number of ether oxygens (including phenoxy) is 3. The molecule has 0 bridgehead atoms. The number of nitriles is 1. The maximum absolute atomic E-state index is 13.4. The number of aliphatic hydroxyl groups excluding tert-OH is 1. The van der Waals surface area contributed by atoms with E-state index in [4.69, 9.17) is 19.0 Å². The molecule has 37 heavy (non-hydrogen) atoms. The molecule has 1 aliphatic carbocycles. The highest BCUT2D eigenvalue weighted by atomic mass is 16.6. The third kappa shape index (κ3) is 3.29. The Morgan fingerprint density at radius 1 is 1.11 bits per heavy atom. The Morgan fingerprint density at radius 3 is 2.41 bits per heavy atom. The summed E-state index contributed by atoms with van der Waals surface area (Å²) in [6, 6.07) is 19.0. The Balaban J connectivity index is 1.88. The highest BCUT2D eigenvalue weighted by molar-refractivity contribution is 5.82. The average molecular weight is 504 g/mol. The molecule has 10 nitrogen and oxygen atoms in total. The zero-order valence-electron chi connectivity index (χ0n) is 20.3. The van der Waals surface area contributed by atoms with E-state index < -0.39 is 35.0 Å². The number of aliphatic hydroxyl groups is 2. The quantitative estimate of drug-likeness (QED) is 0.430. The van der Waals surface area contributed by atoms with Gasteiger partial charge in [0.05, 0.1) is 44.4 Å². The van der Waals surface area contributed by atoms with E-state index in [1.54, 1.807) is 48.5 Å². The fourth-order valence-electron chi connectivity index (χ4n) is 5.78. The minimum absolute atomic E-state index is 0.0222. The number of carbonyl (C=O) groups is 1. The molecule has 1 aromatic heterocycles. The summed E-state index contributed by atoms with van der Waals surface area (Å²) in [5, 5.41) is 33.9. The van der Waals surface area contributed by atoms with Crippen LogP contribution in [0, 0.1) is 17.2 Å². The van der Waals surface area contributed by atoms with Gasteiger partial charge in [-0.3, -0.25) is 9.63 Å². The van der Waals surface area contributed by atoms with Gasteiger partial charge in [-0.1, -0.05) is 42.5 Å². The Labute approximate surface area is 213 Å². The van der Waals surface area contributed by atoms with Crippen LogP contribution in [0.2, 0.25) is 0 Å². The van der Waals surface area contributed by atoms with Crippen molar-refractivity contribution in [2.45, 2.75) is 23.2 Å². The zero-order valence-corrected chi connectivity index (χ0v) is 20.3. The van der Waals surface area contributed by atoms with Gasteiger partial charge in [0.2, 0.25) is 17.7 Å². The molecule has 3 N–H and O–H groups in total. The van der Waals surface area contributed by atoms with Gasteiger partial charge in [-0.05, 0) is 23.3 Å². The van der Waals surface area contributed by atoms with Crippen molar-refractivity contribution in [1.29, 1.82) is 5.26 Å². The Hall–Kier alpha value is -4.17. The van der Waals surface area contributed by atoms with Crippen molar-refractivity contribution in [1.82, 2.24) is 10.5 Å². The first-order chi connectivity index (χ1) is 17.9. The van der Waals surface area contributed by atoms with Gasteiger partial charge in [0.15, 0.2) is 11.2 Å². The minimum atomic E-state index is -2.21. The van der Waals surface area contributed by atoms with E-state index in [2.05, 4.69) is 16.5 Å². The lowest BCUT2D eigenvalue weighted by Gasteiger charge is -2.40. The standard InChI is InChI=1S/C27H25N3O7/c1-34-19-13-18-22(25(29-19)35-2)26(33)23(31)20(24(32)30-36-3)21(16-7-5-4-6-8-16)27(26,37-18)17-11-9-15(14-28)10-12-17/h4-13,20-21,23,31,33H,1-3H3,(H,30,32)/t20-,21-,23-,26+,27+/m1/s1. The van der Waals surface area contributed by atoms with Crippen LogP contribution in [0.4, 0.5) is 0 Å². The monoisotopic (exact) mass is 503 g/mol. The molecule has 2 heterocycles. The van der Waals surface area contributed by atoms with Gasteiger partial charge in [-0.2, -0.15) is 10.2 Å². The fraction of sp³-hybridized carbons (Fsp3) is 0.296. The predicted octanol–water partition coefficient (Wildman–Crippen LogP) is 1.90. The van der Waals surface area contributed by atoms with Crippen LogP contribution in [0.15, 0.2) is 60.7 Å². The molecule has 3 aromatic rings. The van der Waals surface area contributed by atoms with Crippen LogP contribution in [0.5, 0.6) is 17.5 Å². The van der Waals surface area contributed by atoms with Gasteiger partial charge in [-0.15, -0.1) is 0 Å². The molecule has 1 saturated carbocycles. The number of benzene rings is 2. The second-order valence-corrected chi connectivity index (χ2v) is 8.87. The van der Waals surface area contributed by atoms with Gasteiger partial charge in [0.1, 0.15) is 11.9 Å². The number of aromatic nitrogens is 1. The van der Waals surface area contributed by atoms with E-state index in [0.717, 1.165) is 0 Å². The topological polar surface area (TPSA) is 143 Å². The molecule has 2 aromatic carbocycles. The summed E-state index contributed by atoms with van der Waals surface area (Å²) in [5.41, 5.74) is -0.0965. The first-order valence-corrected chi connectivity index (χ1v) is 11.5. The summed E-state index contributed by atoms with van der Waals surface area (Å²) in [4.78, 5) is 22.6. The zero-order chi connectivity index (χ0) is 26.4. The molecule has 2 aliphatic rings. The SMILES string of the molecule is CONC(=O)[C@H]1[C@@H](O)[C@@]2(O)c3c(cc(OC)nc3OC)O[C@@]2(c2ccc(C#N)cc2)[C@@H]1c1ccccc1. The summed E-state index contributed by atoms with van der Waals surface area (Å²) in [6.45, 7) is 0. The van der Waals surface area contributed by atoms with Crippen LogP contribution in [-0.4, -0.2) is 48.5 Å². The molecule has 190 valence electrons. The van der Waals surface area contributed by atoms with Crippen LogP contribution in [0.3, 0.4) is 0 Å². The van der Waals surface area contributed by atoms with Crippen molar-refractivity contribution in [2.24, 2.45) is 5.92 Å². The second-order valence-electron chi connectivity index (χ2n) is 8.87. The Bertz CT molecular complexity index is 1380. The summed E-state index contributed by atoms with van der Waals surface area (Å²) in [7, 11) is 4.09. The van der Waals surface area contributed by atoms with E-state index in [0.29, 0.717) is 16.7 Å². The van der Waals surface area contributed by atoms with Crippen LogP contribution in [-0.2, 0) is 20.8 Å². The van der Waals surface area contributed by atoms with E-state index in [1.807, 2.05) is 6.07 Å². The van der Waals surface area contributed by atoms with Crippen molar-refractivity contribution in [3.8, 4) is 23.6 Å². The number of carbonyl (C=O) groups excluding carboxylic acids is 1. The van der Waals surface area contributed by atoms with Crippen LogP contribution >= 0.6 is 0 Å². The minimum Gasteiger partial charge on any atom is -0.481 e. The maximum atomic E-state index is 13.4. The lowest BCUT2D eigenvalue weighted by Crippen LogP contribution is -2.52. The molecule has 0 spiro atoms. The van der Waals surface area contributed by atoms with Crippen molar-refractivity contribution in [3.63, 3.8) is 0 Å². The molecular weight excluding hydrogens is 478 g/mol. The third-order valence-electron chi connectivity index (χ3n) is 7.22. The molecule has 0 saturated heterocycles. The highest BCUT2D eigenvalue weighted by Crippen LogP contribution is 2.69. The first-order valence-electron chi connectivity index (χ1n) is 11.5. The van der Waals surface area contributed by atoms with E-state index in [-0.39, 0.29) is 23.1 Å². The van der Waals surface area contributed by atoms with E-state index in [9.17, 15) is 20.3 Å². The number of nitrogens with zero attached hydrogens (tertiary/aromatic N) is 2. The first kappa shape index (κ1) is 24.5. The fourth-order valence-corrected chi connectivity index (χ4v) is 5.78. The summed E-state index contributed by atoms with van der Waals surface area (Å²) in [6.07, 6.45) is -1.69. The molecule has 0 radical (unpaired) electrons. The molecule has 1 aliphatic heterocycles. The van der Waals surface area contributed by atoms with Crippen molar-refractivity contribution >= 4 is 5.91 Å². The van der Waals surface area contributed by atoms with E-state index >= 15 is 0 Å². The predicted molar refractivity (Wildman–Crippen MR) is 129 cm³/mol. The lowest BCUT2D eigenvalue weighted by atomic mass is 9.70. The molecule has 0 unspecified atom stereocenters. The van der Waals surface area contributed by atoms with Crippen LogP contribution in [0.25, 0.3) is 0 Å². The molecule has 1 amide bonds. The Morgan fingerprint density at radius 2 is 1.81 bits per heavy atom. The largest absolute Gasteiger partial charge is 0.481 e. The molecule has 5 rings (SSSR count). The van der Waals surface area contributed by atoms with Gasteiger partial charge in [0, 0.05) is 12.0 Å². The van der Waals surface area contributed by atoms with Gasteiger partial charge in [-0.25, -0.2) is 5.48 Å². The third-order valence-corrected chi connectivity index (χ3v) is 7.22. The number of hydroxylamine groups is 1. The van der Waals surface area contributed by atoms with Crippen molar-refractivity contribution in [3.05, 3.63) is 82.9 Å². The number of methoxy groups -OCH3 is 2. The Kier molecular flexibility index (Phi) is 6.00. The van der Waals surface area contributed by atoms with Crippen LogP contribution in [0.1, 0.15) is 28.2 Å². The van der Waals surface area contributed by atoms with Gasteiger partial charge in [0.25, 0.3) is 0 Å². The molecule has 1 fully saturated rings. The van der Waals surface area contributed by atoms with Crippen molar-refractivity contribution in [2.75, 3.05) is 21.3 Å². The number of amides is 1. The second kappa shape index (κ2) is 9.05. The lowest BCUT2D eigenvalue weighted by molar-refractivity contribution is -0.157. The normalized spacial score (nSPS) is 27.4. The summed E-state index contributed by atoms with van der Waals surface area (Å²) >= 11 is 0.